The number of anilines is 1. The van der Waals surface area contributed by atoms with Gasteiger partial charge < -0.3 is 14.8 Å². The number of hydrogen-bond acceptors (Lipinski definition) is 1. The average molecular weight is 332 g/mol. The molecule has 0 bridgehead atoms. The number of benzene rings is 1. The van der Waals surface area contributed by atoms with Crippen molar-refractivity contribution in [3.8, 4) is 0 Å². The molecule has 1 aromatic heterocycles. The Balaban J connectivity index is 1.80. The first kappa shape index (κ1) is 15.9. The van der Waals surface area contributed by atoms with E-state index in [1.165, 1.54) is 11.4 Å². The summed E-state index contributed by atoms with van der Waals surface area (Å²) in [5.41, 5.74) is 3.27. The Hall–Kier alpha value is -1.94. The Morgan fingerprint density at radius 3 is 2.65 bits per heavy atom. The molecular formula is C18H22ClN3O. The fourth-order valence-corrected chi connectivity index (χ4v) is 3.38. The lowest BCUT2D eigenvalue weighted by molar-refractivity contribution is 0.162. The molecule has 3 rings (SSSR count). The van der Waals surface area contributed by atoms with Gasteiger partial charge in [0.25, 0.3) is 0 Å². The molecule has 0 fully saturated rings. The van der Waals surface area contributed by atoms with Crippen molar-refractivity contribution in [2.24, 2.45) is 0 Å². The van der Waals surface area contributed by atoms with E-state index in [0.29, 0.717) is 5.02 Å². The molecule has 1 aliphatic heterocycles. The minimum atomic E-state index is -0.0455. The van der Waals surface area contributed by atoms with Gasteiger partial charge in [0.15, 0.2) is 0 Å². The lowest BCUT2D eigenvalue weighted by Gasteiger charge is -2.37. The first-order valence-electron chi connectivity index (χ1n) is 8.09. The molecule has 0 saturated carbocycles. The largest absolute Gasteiger partial charge is 0.345 e. The van der Waals surface area contributed by atoms with E-state index in [-0.39, 0.29) is 12.1 Å². The van der Waals surface area contributed by atoms with Gasteiger partial charge in [0, 0.05) is 35.2 Å². The van der Waals surface area contributed by atoms with Crippen molar-refractivity contribution in [3.05, 3.63) is 52.8 Å². The Kier molecular flexibility index (Phi) is 4.62. The molecule has 23 heavy (non-hydrogen) atoms. The molecule has 5 heteroatoms. The summed E-state index contributed by atoms with van der Waals surface area (Å²) in [6.07, 6.45) is 2.01. The quantitative estimate of drug-likeness (QED) is 0.858. The van der Waals surface area contributed by atoms with Crippen molar-refractivity contribution >= 4 is 23.3 Å². The molecule has 4 nitrogen and oxygen atoms in total. The number of nitrogens with one attached hydrogen (secondary N) is 1. The normalized spacial score (nSPS) is 17.0. The third-order valence-corrected chi connectivity index (χ3v) is 4.69. The van der Waals surface area contributed by atoms with Crippen LogP contribution >= 0.6 is 11.6 Å². The number of aromatic nitrogens is 1. The molecule has 1 aliphatic rings. The third kappa shape index (κ3) is 3.22. The molecule has 1 aromatic carbocycles. The molecule has 0 spiro atoms. The first-order valence-corrected chi connectivity index (χ1v) is 8.47. The van der Waals surface area contributed by atoms with Crippen LogP contribution in [0.2, 0.25) is 5.02 Å². The lowest BCUT2D eigenvalue weighted by atomic mass is 10.0. The number of halogens is 1. The number of carbonyl (C=O) groups excluding carboxylic acids is 1. The van der Waals surface area contributed by atoms with Crippen LogP contribution in [0.5, 0.6) is 0 Å². The number of rotatable bonds is 3. The summed E-state index contributed by atoms with van der Waals surface area (Å²) in [4.78, 5) is 14.7. The maximum atomic E-state index is 12.7. The maximum absolute atomic E-state index is 12.7. The van der Waals surface area contributed by atoms with Gasteiger partial charge in [-0.05, 0) is 49.7 Å². The molecule has 1 N–H and O–H groups in total. The summed E-state index contributed by atoms with van der Waals surface area (Å²) < 4.78 is 2.33. The minimum Gasteiger partial charge on any atom is -0.345 e. The van der Waals surface area contributed by atoms with Gasteiger partial charge in [-0.1, -0.05) is 24.9 Å². The SMILES string of the molecule is CCC[C@@H]1c2ccc(C)n2CCN1C(=O)Nc1ccc(Cl)cc1. The standard InChI is InChI=1S/C18H22ClN3O/c1-3-4-16-17-10-5-13(2)21(17)11-12-22(16)18(23)20-15-8-6-14(19)7-9-15/h5-10,16H,3-4,11-12H2,1-2H3,(H,20,23)/t16-/m1/s1. The van der Waals surface area contributed by atoms with Gasteiger partial charge in [0.1, 0.15) is 0 Å². The summed E-state index contributed by atoms with van der Waals surface area (Å²) in [5.74, 6) is 0. The molecule has 0 unspecified atom stereocenters. The van der Waals surface area contributed by atoms with Crippen LogP contribution in [0, 0.1) is 6.92 Å². The number of urea groups is 1. The van der Waals surface area contributed by atoms with Gasteiger partial charge in [-0.3, -0.25) is 0 Å². The Labute approximate surface area is 142 Å². The summed E-state index contributed by atoms with van der Waals surface area (Å²) >= 11 is 5.89. The number of aryl methyl sites for hydroxylation is 1. The maximum Gasteiger partial charge on any atom is 0.322 e. The summed E-state index contributed by atoms with van der Waals surface area (Å²) in [5, 5.41) is 3.65. The molecule has 122 valence electrons. The van der Waals surface area contributed by atoms with Crippen molar-refractivity contribution in [2.45, 2.75) is 39.3 Å². The van der Waals surface area contributed by atoms with Crippen LogP contribution in [0.25, 0.3) is 0 Å². The zero-order valence-electron chi connectivity index (χ0n) is 13.6. The number of amides is 2. The molecule has 0 aliphatic carbocycles. The second kappa shape index (κ2) is 6.67. The van der Waals surface area contributed by atoms with Gasteiger partial charge in [-0.25, -0.2) is 4.79 Å². The summed E-state index contributed by atoms with van der Waals surface area (Å²) in [6.45, 7) is 5.86. The smallest absolute Gasteiger partial charge is 0.322 e. The van der Waals surface area contributed by atoms with Crippen LogP contribution in [-0.4, -0.2) is 22.0 Å². The monoisotopic (exact) mass is 331 g/mol. The van der Waals surface area contributed by atoms with Gasteiger partial charge in [-0.15, -0.1) is 0 Å². The van der Waals surface area contributed by atoms with E-state index >= 15 is 0 Å². The summed E-state index contributed by atoms with van der Waals surface area (Å²) in [6, 6.07) is 11.6. The van der Waals surface area contributed by atoms with Crippen molar-refractivity contribution in [3.63, 3.8) is 0 Å². The molecule has 1 atom stereocenters. The Bertz CT molecular complexity index is 693. The highest BCUT2D eigenvalue weighted by atomic mass is 35.5. The van der Waals surface area contributed by atoms with Gasteiger partial charge in [-0.2, -0.15) is 0 Å². The predicted octanol–water partition coefficient (Wildman–Crippen LogP) is 4.84. The highest BCUT2D eigenvalue weighted by Crippen LogP contribution is 2.31. The van der Waals surface area contributed by atoms with E-state index in [9.17, 15) is 4.79 Å². The number of carbonyl (C=O) groups is 1. The minimum absolute atomic E-state index is 0.0455. The van der Waals surface area contributed by atoms with Crippen LogP contribution in [0.3, 0.4) is 0 Å². The lowest BCUT2D eigenvalue weighted by Crippen LogP contribution is -2.44. The van der Waals surface area contributed by atoms with E-state index in [1.54, 1.807) is 12.1 Å². The van der Waals surface area contributed by atoms with E-state index in [0.717, 1.165) is 31.6 Å². The molecular weight excluding hydrogens is 310 g/mol. The molecule has 2 heterocycles. The predicted molar refractivity (Wildman–Crippen MR) is 94.0 cm³/mol. The van der Waals surface area contributed by atoms with Crippen molar-refractivity contribution in [1.82, 2.24) is 9.47 Å². The van der Waals surface area contributed by atoms with Crippen LogP contribution in [0.1, 0.15) is 37.2 Å². The van der Waals surface area contributed by atoms with Gasteiger partial charge in [0.2, 0.25) is 0 Å². The Morgan fingerprint density at radius 1 is 1.22 bits per heavy atom. The highest BCUT2D eigenvalue weighted by molar-refractivity contribution is 6.30. The second-order valence-electron chi connectivity index (χ2n) is 5.99. The fraction of sp³-hybridized carbons (Fsp3) is 0.389. The van der Waals surface area contributed by atoms with Crippen LogP contribution in [0.15, 0.2) is 36.4 Å². The molecule has 2 aromatic rings. The third-order valence-electron chi connectivity index (χ3n) is 4.43. The highest BCUT2D eigenvalue weighted by Gasteiger charge is 2.30. The van der Waals surface area contributed by atoms with Gasteiger partial charge >= 0.3 is 6.03 Å². The zero-order valence-corrected chi connectivity index (χ0v) is 14.3. The van der Waals surface area contributed by atoms with Crippen LogP contribution < -0.4 is 5.32 Å². The molecule has 0 saturated heterocycles. The number of nitrogens with zero attached hydrogens (tertiary/aromatic N) is 2. The van der Waals surface area contributed by atoms with Crippen molar-refractivity contribution in [2.75, 3.05) is 11.9 Å². The van der Waals surface area contributed by atoms with Gasteiger partial charge in [0.05, 0.1) is 6.04 Å². The second-order valence-corrected chi connectivity index (χ2v) is 6.42. The number of hydrogen-bond donors (Lipinski definition) is 1. The van der Waals surface area contributed by atoms with E-state index < -0.39 is 0 Å². The average Bonchev–Trinajstić information content (AvgIpc) is 2.92. The van der Waals surface area contributed by atoms with E-state index in [1.807, 2.05) is 17.0 Å². The first-order chi connectivity index (χ1) is 11.1. The van der Waals surface area contributed by atoms with E-state index in [4.69, 9.17) is 11.6 Å². The summed E-state index contributed by atoms with van der Waals surface area (Å²) in [7, 11) is 0. The molecule has 0 radical (unpaired) electrons. The van der Waals surface area contributed by atoms with E-state index in [2.05, 4.69) is 35.9 Å². The Morgan fingerprint density at radius 2 is 1.96 bits per heavy atom. The van der Waals surface area contributed by atoms with Crippen molar-refractivity contribution < 1.29 is 4.79 Å². The fourth-order valence-electron chi connectivity index (χ4n) is 3.26. The zero-order chi connectivity index (χ0) is 16.4. The van der Waals surface area contributed by atoms with Crippen LogP contribution in [0.4, 0.5) is 10.5 Å². The van der Waals surface area contributed by atoms with Crippen LogP contribution in [-0.2, 0) is 6.54 Å². The van der Waals surface area contributed by atoms with Crippen molar-refractivity contribution in [1.29, 1.82) is 0 Å². The molecule has 2 amide bonds. The topological polar surface area (TPSA) is 37.3 Å². The number of fused-ring (bicyclic) bond motifs is 1.